The first-order valence-corrected chi connectivity index (χ1v) is 4.84. The van der Waals surface area contributed by atoms with Crippen LogP contribution in [0.4, 0.5) is 35.1 Å². The van der Waals surface area contributed by atoms with E-state index in [-0.39, 0.29) is 0 Å². The average molecular weight is 324 g/mol. The molecule has 0 amide bonds. The monoisotopic (exact) mass is 324 g/mol. The first-order chi connectivity index (χ1) is 9.32. The van der Waals surface area contributed by atoms with Crippen molar-refractivity contribution in [2.75, 3.05) is 0 Å². The molecule has 118 valence electrons. The number of carbonyl (C=O) groups excluding carboxylic acids is 1. The van der Waals surface area contributed by atoms with E-state index in [1.807, 2.05) is 0 Å². The van der Waals surface area contributed by atoms with Crippen molar-refractivity contribution in [3.63, 3.8) is 0 Å². The molecule has 11 heteroatoms. The second-order valence-electron chi connectivity index (χ2n) is 3.65. The van der Waals surface area contributed by atoms with Crippen molar-refractivity contribution in [3.05, 3.63) is 29.8 Å². The summed E-state index contributed by atoms with van der Waals surface area (Å²) in [6, 6.07) is 1.55. The Labute approximate surface area is 110 Å². The number of benzene rings is 1. The lowest BCUT2D eigenvalue weighted by Gasteiger charge is -2.29. The standard InChI is InChI=1S/C10H4F8O3/c11-4-2-1-3-5(6(4)12)21-7(19)8(20,9(13,14)15)10(16,17)18/h1-3,20H. The lowest BCUT2D eigenvalue weighted by molar-refractivity contribution is -0.354. The Morgan fingerprint density at radius 2 is 1.48 bits per heavy atom. The summed E-state index contributed by atoms with van der Waals surface area (Å²) in [4.78, 5) is 11.0. The topological polar surface area (TPSA) is 46.5 Å². The van der Waals surface area contributed by atoms with Crippen molar-refractivity contribution in [2.24, 2.45) is 0 Å². The minimum Gasteiger partial charge on any atom is -0.421 e. The summed E-state index contributed by atoms with van der Waals surface area (Å²) in [5.41, 5.74) is -5.88. The number of aliphatic hydroxyl groups is 1. The number of carbonyl (C=O) groups is 1. The predicted molar refractivity (Wildman–Crippen MR) is 49.1 cm³/mol. The van der Waals surface area contributed by atoms with Crippen LogP contribution in [0.5, 0.6) is 5.75 Å². The second kappa shape index (κ2) is 5.13. The number of alkyl halides is 6. The van der Waals surface area contributed by atoms with Gasteiger partial charge in [0.2, 0.25) is 5.82 Å². The molecule has 0 aliphatic heterocycles. The molecule has 21 heavy (non-hydrogen) atoms. The summed E-state index contributed by atoms with van der Waals surface area (Å²) in [6.45, 7) is 0. The lowest BCUT2D eigenvalue weighted by Crippen LogP contribution is -2.63. The highest BCUT2D eigenvalue weighted by Gasteiger charge is 2.76. The molecule has 0 aromatic heterocycles. The Hall–Kier alpha value is -1.91. The number of hydrogen-bond donors (Lipinski definition) is 1. The van der Waals surface area contributed by atoms with Crippen LogP contribution in [0, 0.1) is 11.6 Å². The van der Waals surface area contributed by atoms with Gasteiger partial charge >= 0.3 is 23.9 Å². The van der Waals surface area contributed by atoms with Gasteiger partial charge in [-0.3, -0.25) is 0 Å². The van der Waals surface area contributed by atoms with Gasteiger partial charge in [-0.25, -0.2) is 9.18 Å². The predicted octanol–water partition coefficient (Wildman–Crippen LogP) is 2.73. The number of ether oxygens (including phenoxy) is 1. The van der Waals surface area contributed by atoms with Gasteiger partial charge in [-0.2, -0.15) is 30.7 Å². The van der Waals surface area contributed by atoms with Crippen LogP contribution in [0.2, 0.25) is 0 Å². The first-order valence-electron chi connectivity index (χ1n) is 4.84. The number of esters is 1. The van der Waals surface area contributed by atoms with E-state index in [1.165, 1.54) is 0 Å². The van der Waals surface area contributed by atoms with E-state index in [9.17, 15) is 39.9 Å². The van der Waals surface area contributed by atoms with Crippen LogP contribution in [0.15, 0.2) is 18.2 Å². The molecule has 0 heterocycles. The van der Waals surface area contributed by atoms with Crippen molar-refractivity contribution < 1.29 is 49.8 Å². The summed E-state index contributed by atoms with van der Waals surface area (Å²) in [6.07, 6.45) is -13.0. The second-order valence-corrected chi connectivity index (χ2v) is 3.65. The molecule has 0 unspecified atom stereocenters. The fraction of sp³-hybridized carbons (Fsp3) is 0.300. The molecule has 0 aliphatic carbocycles. The van der Waals surface area contributed by atoms with E-state index in [2.05, 4.69) is 4.74 Å². The van der Waals surface area contributed by atoms with E-state index < -0.39 is 41.3 Å². The van der Waals surface area contributed by atoms with E-state index in [0.29, 0.717) is 18.2 Å². The van der Waals surface area contributed by atoms with Crippen molar-refractivity contribution in [1.82, 2.24) is 0 Å². The van der Waals surface area contributed by atoms with Crippen molar-refractivity contribution >= 4 is 5.97 Å². The smallest absolute Gasteiger partial charge is 0.421 e. The van der Waals surface area contributed by atoms with Crippen LogP contribution in [0.3, 0.4) is 0 Å². The molecule has 0 aliphatic rings. The van der Waals surface area contributed by atoms with Gasteiger partial charge in [0.05, 0.1) is 0 Å². The zero-order valence-corrected chi connectivity index (χ0v) is 9.52. The normalized spacial score (nSPS) is 13.2. The highest BCUT2D eigenvalue weighted by atomic mass is 19.4. The molecule has 0 spiro atoms. The molecular weight excluding hydrogens is 320 g/mol. The highest BCUT2D eigenvalue weighted by molar-refractivity contribution is 5.83. The van der Waals surface area contributed by atoms with Crippen LogP contribution in [0.25, 0.3) is 0 Å². The number of halogens is 8. The zero-order chi connectivity index (χ0) is 16.6. The van der Waals surface area contributed by atoms with Gasteiger partial charge in [-0.15, -0.1) is 0 Å². The molecule has 0 fully saturated rings. The maximum atomic E-state index is 13.0. The molecular formula is C10H4F8O3. The first kappa shape index (κ1) is 17.1. The average Bonchev–Trinajstić information content (AvgIpc) is 2.31. The van der Waals surface area contributed by atoms with Crippen LogP contribution in [-0.4, -0.2) is 29.0 Å². The van der Waals surface area contributed by atoms with Gasteiger partial charge < -0.3 is 9.84 Å². The lowest BCUT2D eigenvalue weighted by atomic mass is 10.0. The zero-order valence-electron chi connectivity index (χ0n) is 9.52. The molecule has 1 N–H and O–H groups in total. The van der Waals surface area contributed by atoms with Gasteiger partial charge in [0, 0.05) is 0 Å². The third-order valence-electron chi connectivity index (χ3n) is 2.23. The molecule has 3 nitrogen and oxygen atoms in total. The van der Waals surface area contributed by atoms with Gasteiger partial charge in [-0.1, -0.05) is 6.07 Å². The minimum absolute atomic E-state index is 0.406. The van der Waals surface area contributed by atoms with Gasteiger partial charge in [0.15, 0.2) is 11.6 Å². The van der Waals surface area contributed by atoms with Gasteiger partial charge in [0.1, 0.15) is 0 Å². The van der Waals surface area contributed by atoms with Crippen LogP contribution in [0.1, 0.15) is 0 Å². The largest absolute Gasteiger partial charge is 0.437 e. The maximum absolute atomic E-state index is 13.0. The van der Waals surface area contributed by atoms with Crippen LogP contribution in [-0.2, 0) is 4.79 Å². The molecule has 0 radical (unpaired) electrons. The summed E-state index contributed by atoms with van der Waals surface area (Å²) in [5, 5.41) is 8.63. The van der Waals surface area contributed by atoms with E-state index in [1.54, 1.807) is 0 Å². The van der Waals surface area contributed by atoms with E-state index in [0.717, 1.165) is 0 Å². The summed E-state index contributed by atoms with van der Waals surface area (Å²) in [5.74, 6) is -8.46. The molecule has 1 aromatic carbocycles. The Morgan fingerprint density at radius 3 is 1.90 bits per heavy atom. The van der Waals surface area contributed by atoms with Crippen molar-refractivity contribution in [1.29, 1.82) is 0 Å². The van der Waals surface area contributed by atoms with Crippen molar-refractivity contribution in [3.8, 4) is 5.75 Å². The molecule has 0 saturated carbocycles. The summed E-state index contributed by atoms with van der Waals surface area (Å²) < 4.78 is 103. The molecule has 0 atom stereocenters. The third-order valence-corrected chi connectivity index (χ3v) is 2.23. The summed E-state index contributed by atoms with van der Waals surface area (Å²) >= 11 is 0. The maximum Gasteiger partial charge on any atom is 0.437 e. The van der Waals surface area contributed by atoms with E-state index >= 15 is 0 Å². The van der Waals surface area contributed by atoms with Gasteiger partial charge in [-0.05, 0) is 12.1 Å². The van der Waals surface area contributed by atoms with Crippen molar-refractivity contribution in [2.45, 2.75) is 18.0 Å². The molecule has 0 bridgehead atoms. The number of hydrogen-bond acceptors (Lipinski definition) is 3. The SMILES string of the molecule is O=C(Oc1cccc(F)c1F)C(O)(C(F)(F)F)C(F)(F)F. The summed E-state index contributed by atoms with van der Waals surface area (Å²) in [7, 11) is 0. The molecule has 1 aromatic rings. The van der Waals surface area contributed by atoms with Crippen LogP contribution >= 0.6 is 0 Å². The molecule has 1 rings (SSSR count). The number of rotatable bonds is 2. The van der Waals surface area contributed by atoms with E-state index in [4.69, 9.17) is 5.11 Å². The Morgan fingerprint density at radius 1 is 1.00 bits per heavy atom. The third kappa shape index (κ3) is 2.91. The quantitative estimate of drug-likeness (QED) is 0.517. The Balaban J connectivity index is 3.24. The highest BCUT2D eigenvalue weighted by Crippen LogP contribution is 2.44. The Kier molecular flexibility index (Phi) is 4.19. The van der Waals surface area contributed by atoms with Gasteiger partial charge in [0.25, 0.3) is 0 Å². The molecule has 0 saturated heterocycles. The minimum atomic E-state index is -6.48. The Bertz CT molecular complexity index is 534. The van der Waals surface area contributed by atoms with Crippen LogP contribution < -0.4 is 4.74 Å². The fourth-order valence-corrected chi connectivity index (χ4v) is 1.13. The fourth-order valence-electron chi connectivity index (χ4n) is 1.13.